The smallest absolute Gasteiger partial charge is 0.340 e. The zero-order valence-corrected chi connectivity index (χ0v) is 10.7. The van der Waals surface area contributed by atoms with E-state index in [1.165, 1.54) is 0 Å². The molecule has 0 aliphatic carbocycles. The van der Waals surface area contributed by atoms with Gasteiger partial charge in [-0.25, -0.2) is 4.79 Å². The molecular formula is C15H13NO3. The van der Waals surface area contributed by atoms with E-state index in [0.717, 1.165) is 0 Å². The number of carbonyl (C=O) groups is 1. The van der Waals surface area contributed by atoms with Crippen LogP contribution in [0.15, 0.2) is 30.3 Å². The number of hydrogen-bond acceptors (Lipinski definition) is 3. The summed E-state index contributed by atoms with van der Waals surface area (Å²) in [6.45, 7) is 3.59. The Morgan fingerprint density at radius 3 is 2.63 bits per heavy atom. The summed E-state index contributed by atoms with van der Waals surface area (Å²) in [7, 11) is 0. The van der Waals surface area contributed by atoms with Crippen LogP contribution < -0.4 is 4.74 Å². The highest BCUT2D eigenvalue weighted by molar-refractivity contribution is 6.07. The molecule has 0 amide bonds. The maximum absolute atomic E-state index is 11.5. The molecule has 0 aliphatic rings. The number of benzene rings is 2. The van der Waals surface area contributed by atoms with Gasteiger partial charge in [0.15, 0.2) is 5.75 Å². The van der Waals surface area contributed by atoms with Gasteiger partial charge in [-0.3, -0.25) is 0 Å². The lowest BCUT2D eigenvalue weighted by molar-refractivity contribution is 0.0693. The molecular weight excluding hydrogens is 242 g/mol. The Morgan fingerprint density at radius 1 is 1.37 bits per heavy atom. The van der Waals surface area contributed by atoms with E-state index in [0.29, 0.717) is 10.8 Å². The summed E-state index contributed by atoms with van der Waals surface area (Å²) in [5.74, 6) is -0.951. The van der Waals surface area contributed by atoms with E-state index in [1.54, 1.807) is 44.2 Å². The van der Waals surface area contributed by atoms with Crippen LogP contribution in [0.25, 0.3) is 10.8 Å². The van der Waals surface area contributed by atoms with Crippen molar-refractivity contribution in [3.63, 3.8) is 0 Å². The predicted molar refractivity (Wildman–Crippen MR) is 71.4 cm³/mol. The van der Waals surface area contributed by atoms with Crippen LogP contribution in [-0.2, 0) is 0 Å². The Morgan fingerprint density at radius 2 is 2.05 bits per heavy atom. The van der Waals surface area contributed by atoms with E-state index in [-0.39, 0.29) is 23.0 Å². The molecule has 1 N–H and O–H groups in total. The Balaban J connectivity index is 2.86. The quantitative estimate of drug-likeness (QED) is 0.914. The summed E-state index contributed by atoms with van der Waals surface area (Å²) in [6, 6.07) is 10.7. The lowest BCUT2D eigenvalue weighted by atomic mass is 9.99. The summed E-state index contributed by atoms with van der Waals surface area (Å²) in [5.41, 5.74) is 0.285. The molecule has 0 aromatic heterocycles. The lowest BCUT2D eigenvalue weighted by Gasteiger charge is -2.15. The van der Waals surface area contributed by atoms with Crippen LogP contribution >= 0.6 is 0 Å². The van der Waals surface area contributed by atoms with Crippen molar-refractivity contribution in [2.45, 2.75) is 20.0 Å². The molecule has 2 aromatic carbocycles. The molecule has 4 nitrogen and oxygen atoms in total. The molecule has 19 heavy (non-hydrogen) atoms. The second kappa shape index (κ2) is 4.99. The highest BCUT2D eigenvalue weighted by Crippen LogP contribution is 2.32. The van der Waals surface area contributed by atoms with Gasteiger partial charge in [-0.15, -0.1) is 0 Å². The first-order valence-corrected chi connectivity index (χ1v) is 5.90. The average molecular weight is 255 g/mol. The molecule has 2 aromatic rings. The predicted octanol–water partition coefficient (Wildman–Crippen LogP) is 3.20. The van der Waals surface area contributed by atoms with Crippen molar-refractivity contribution in [2.75, 3.05) is 0 Å². The third-order valence-electron chi connectivity index (χ3n) is 2.69. The molecule has 0 bridgehead atoms. The van der Waals surface area contributed by atoms with Gasteiger partial charge in [-0.05, 0) is 25.3 Å². The molecule has 0 radical (unpaired) electrons. The molecule has 2 rings (SSSR count). The van der Waals surface area contributed by atoms with E-state index >= 15 is 0 Å². The van der Waals surface area contributed by atoms with Gasteiger partial charge >= 0.3 is 5.97 Å². The van der Waals surface area contributed by atoms with Gasteiger partial charge in [0.2, 0.25) is 0 Å². The van der Waals surface area contributed by atoms with Crippen molar-refractivity contribution in [3.05, 3.63) is 41.5 Å². The highest BCUT2D eigenvalue weighted by atomic mass is 16.5. The molecule has 96 valence electrons. The number of nitrogens with zero attached hydrogens (tertiary/aromatic N) is 1. The normalized spacial score (nSPS) is 10.4. The first-order chi connectivity index (χ1) is 9.04. The third-order valence-corrected chi connectivity index (χ3v) is 2.69. The second-order valence-corrected chi connectivity index (χ2v) is 4.43. The second-order valence-electron chi connectivity index (χ2n) is 4.43. The number of aromatic carboxylic acids is 1. The maximum atomic E-state index is 11.5. The van der Waals surface area contributed by atoms with Crippen molar-refractivity contribution in [1.29, 1.82) is 5.26 Å². The Kier molecular flexibility index (Phi) is 3.39. The Labute approximate surface area is 110 Å². The SMILES string of the molecule is CC(C)Oc1c(C#N)cc2ccccc2c1C(=O)O. The van der Waals surface area contributed by atoms with Gasteiger partial charge in [-0.1, -0.05) is 24.3 Å². The minimum atomic E-state index is -1.09. The fourth-order valence-electron chi connectivity index (χ4n) is 1.98. The van der Waals surface area contributed by atoms with Gasteiger partial charge in [0.05, 0.1) is 11.7 Å². The van der Waals surface area contributed by atoms with Crippen molar-refractivity contribution in [1.82, 2.24) is 0 Å². The molecule has 0 fully saturated rings. The lowest BCUT2D eigenvalue weighted by Crippen LogP contribution is -2.12. The Bertz CT molecular complexity index is 684. The van der Waals surface area contributed by atoms with E-state index in [9.17, 15) is 15.2 Å². The zero-order chi connectivity index (χ0) is 14.0. The van der Waals surface area contributed by atoms with E-state index in [1.807, 2.05) is 6.07 Å². The van der Waals surface area contributed by atoms with E-state index in [2.05, 4.69) is 0 Å². The molecule has 0 spiro atoms. The zero-order valence-electron chi connectivity index (χ0n) is 10.7. The van der Waals surface area contributed by atoms with Crippen molar-refractivity contribution < 1.29 is 14.6 Å². The van der Waals surface area contributed by atoms with Crippen LogP contribution in [0.5, 0.6) is 5.75 Å². The highest BCUT2D eigenvalue weighted by Gasteiger charge is 2.20. The van der Waals surface area contributed by atoms with Gasteiger partial charge in [0, 0.05) is 5.39 Å². The molecule has 0 atom stereocenters. The number of carboxylic acid groups (broad SMARTS) is 1. The van der Waals surface area contributed by atoms with E-state index < -0.39 is 5.97 Å². The number of nitriles is 1. The molecule has 4 heteroatoms. The summed E-state index contributed by atoms with van der Waals surface area (Å²) in [5, 5.41) is 19.9. The number of rotatable bonds is 3. The molecule has 0 heterocycles. The minimum absolute atomic E-state index is 0.0448. The van der Waals surface area contributed by atoms with Gasteiger partial charge in [0.1, 0.15) is 11.6 Å². The average Bonchev–Trinajstić information content (AvgIpc) is 2.36. The van der Waals surface area contributed by atoms with Gasteiger partial charge in [-0.2, -0.15) is 5.26 Å². The van der Waals surface area contributed by atoms with Gasteiger partial charge in [0.25, 0.3) is 0 Å². The Hall–Kier alpha value is -2.54. The van der Waals surface area contributed by atoms with Crippen molar-refractivity contribution in [2.24, 2.45) is 0 Å². The van der Waals surface area contributed by atoms with Crippen LogP contribution in [0.4, 0.5) is 0 Å². The van der Waals surface area contributed by atoms with Crippen LogP contribution in [0.2, 0.25) is 0 Å². The van der Waals surface area contributed by atoms with Gasteiger partial charge < -0.3 is 9.84 Å². The topological polar surface area (TPSA) is 70.3 Å². The fraction of sp³-hybridized carbons (Fsp3) is 0.200. The van der Waals surface area contributed by atoms with E-state index in [4.69, 9.17) is 4.74 Å². The number of hydrogen-bond donors (Lipinski definition) is 1. The van der Waals surface area contributed by atoms with Crippen LogP contribution in [0.3, 0.4) is 0 Å². The molecule has 0 saturated carbocycles. The fourth-order valence-corrected chi connectivity index (χ4v) is 1.98. The number of carboxylic acids is 1. The standard InChI is InChI=1S/C15H13NO3/c1-9(2)19-14-11(8-16)7-10-5-3-4-6-12(10)13(14)15(17)18/h3-7,9H,1-2H3,(H,17,18). The van der Waals surface area contributed by atoms with Crippen molar-refractivity contribution >= 4 is 16.7 Å². The van der Waals surface area contributed by atoms with Crippen molar-refractivity contribution in [3.8, 4) is 11.8 Å². The molecule has 0 unspecified atom stereocenters. The maximum Gasteiger partial charge on any atom is 0.340 e. The first kappa shape index (κ1) is 12.9. The summed E-state index contributed by atoms with van der Waals surface area (Å²) in [4.78, 5) is 11.5. The molecule has 0 aliphatic heterocycles. The van der Waals surface area contributed by atoms with Crippen LogP contribution in [0.1, 0.15) is 29.8 Å². The number of fused-ring (bicyclic) bond motifs is 1. The summed E-state index contributed by atoms with van der Waals surface area (Å²) in [6.07, 6.45) is -0.202. The summed E-state index contributed by atoms with van der Waals surface area (Å²) < 4.78 is 5.53. The largest absolute Gasteiger partial charge is 0.489 e. The third kappa shape index (κ3) is 2.36. The van der Waals surface area contributed by atoms with Crippen LogP contribution in [-0.4, -0.2) is 17.2 Å². The molecule has 0 saturated heterocycles. The summed E-state index contributed by atoms with van der Waals surface area (Å²) >= 11 is 0. The monoisotopic (exact) mass is 255 g/mol. The first-order valence-electron chi connectivity index (χ1n) is 5.90. The minimum Gasteiger partial charge on any atom is -0.489 e. The van der Waals surface area contributed by atoms with Crippen LogP contribution in [0, 0.1) is 11.3 Å². The number of ether oxygens (including phenoxy) is 1.